The molecule has 1 aliphatic carbocycles. The zero-order chi connectivity index (χ0) is 34.5. The third-order valence-corrected chi connectivity index (χ3v) is 10.4. The lowest BCUT2D eigenvalue weighted by Crippen LogP contribution is -2.51. The van der Waals surface area contributed by atoms with Crippen molar-refractivity contribution >= 4 is 27.5 Å². The first-order valence-electron chi connectivity index (χ1n) is 16.9. The Balaban J connectivity index is 1.43. The smallest absolute Gasteiger partial charge is 0.319 e. The van der Waals surface area contributed by atoms with Crippen LogP contribution in [-0.4, -0.2) is 94.8 Å². The fraction of sp³-hybridized carbons (Fsp3) is 0.486. The van der Waals surface area contributed by atoms with E-state index in [1.807, 2.05) is 0 Å². The number of aromatic hydroxyl groups is 1. The van der Waals surface area contributed by atoms with E-state index in [1.54, 1.807) is 11.8 Å². The summed E-state index contributed by atoms with van der Waals surface area (Å²) in [5.41, 5.74) is -1.70. The van der Waals surface area contributed by atoms with Gasteiger partial charge in [0.1, 0.15) is 39.6 Å². The molecule has 2 aromatic heterocycles. The highest BCUT2D eigenvalue weighted by Gasteiger charge is 2.48. The van der Waals surface area contributed by atoms with Crippen molar-refractivity contribution in [2.24, 2.45) is 5.41 Å². The number of benzene rings is 2. The number of ether oxygens (including phenoxy) is 3. The second-order valence-electron chi connectivity index (χ2n) is 13.8. The molecule has 3 aliphatic rings. The summed E-state index contributed by atoms with van der Waals surface area (Å²) in [5, 5.41) is 22.5. The van der Waals surface area contributed by atoms with E-state index in [1.165, 1.54) is 31.4 Å². The van der Waals surface area contributed by atoms with Crippen LogP contribution in [0.1, 0.15) is 51.5 Å². The topological polar surface area (TPSA) is 113 Å². The van der Waals surface area contributed by atoms with E-state index in [9.17, 15) is 14.6 Å². The molecule has 12 heteroatoms. The van der Waals surface area contributed by atoms with Crippen LogP contribution < -0.4 is 14.4 Å². The van der Waals surface area contributed by atoms with Crippen LogP contribution in [-0.2, 0) is 4.74 Å². The van der Waals surface area contributed by atoms with Crippen LogP contribution in [0.3, 0.4) is 0 Å². The van der Waals surface area contributed by atoms with E-state index in [0.717, 1.165) is 45.2 Å². The summed E-state index contributed by atoms with van der Waals surface area (Å²) in [6.07, 6.45) is 11.0. The molecule has 258 valence electrons. The molecule has 0 spiro atoms. The first kappa shape index (κ1) is 33.2. The maximum Gasteiger partial charge on any atom is 0.319 e. The molecule has 1 saturated carbocycles. The molecule has 7 rings (SSSR count). The van der Waals surface area contributed by atoms with Crippen molar-refractivity contribution in [3.05, 3.63) is 41.5 Å². The normalized spacial score (nSPS) is 24.5. The fourth-order valence-electron chi connectivity index (χ4n) is 8.26. The Labute approximate surface area is 284 Å². The number of pyridine rings is 1. The number of halogens is 2. The van der Waals surface area contributed by atoms with E-state index < -0.39 is 17.2 Å². The third kappa shape index (κ3) is 5.87. The quantitative estimate of drug-likeness (QED) is 0.246. The molecule has 0 bridgehead atoms. The van der Waals surface area contributed by atoms with Gasteiger partial charge in [0.05, 0.1) is 39.0 Å². The Morgan fingerprint density at radius 2 is 1.94 bits per heavy atom. The molecule has 2 saturated heterocycles. The highest BCUT2D eigenvalue weighted by atomic mass is 19.1. The predicted octanol–water partition coefficient (Wildman–Crippen LogP) is 5.44. The van der Waals surface area contributed by atoms with Gasteiger partial charge in [0.15, 0.2) is 5.82 Å². The Bertz CT molecular complexity index is 1970. The van der Waals surface area contributed by atoms with Gasteiger partial charge in [-0.05, 0) is 69.3 Å². The molecule has 3 atom stereocenters. The van der Waals surface area contributed by atoms with Crippen LogP contribution in [0.25, 0.3) is 32.9 Å². The maximum atomic E-state index is 17.1. The van der Waals surface area contributed by atoms with Gasteiger partial charge in [0, 0.05) is 29.0 Å². The Morgan fingerprint density at radius 3 is 2.71 bits per heavy atom. The number of anilines is 1. The predicted molar refractivity (Wildman–Crippen MR) is 182 cm³/mol. The molecule has 4 heterocycles. The van der Waals surface area contributed by atoms with Gasteiger partial charge in [-0.3, -0.25) is 4.90 Å². The van der Waals surface area contributed by atoms with Crippen LogP contribution in [0, 0.1) is 29.4 Å². The average Bonchev–Trinajstić information content (AvgIpc) is 3.44. The minimum Gasteiger partial charge on any atom is -0.508 e. The van der Waals surface area contributed by atoms with Gasteiger partial charge >= 0.3 is 6.01 Å². The number of hydrogen-bond acceptors (Lipinski definition) is 10. The summed E-state index contributed by atoms with van der Waals surface area (Å²) < 4.78 is 50.0. The molecular weight excluding hydrogens is 632 g/mol. The molecule has 0 unspecified atom stereocenters. The number of terminal acetylenes is 1. The molecule has 2 aliphatic heterocycles. The van der Waals surface area contributed by atoms with Crippen LogP contribution in [0.2, 0.25) is 0 Å². The second kappa shape index (κ2) is 12.9. The standard InChI is InChI=1S/C37H41F2N5O5/c1-5-24-26(38)11-10-22-17-23(45)18-25(28(22)24)31-30(39)32-29(34(40-31)47-4)33(44-15-16-48-20-36(3,46)19-44)42-35(41-32)49-21-37-12-7-9-27(37)43(6-2)14-8-13-37/h1,10-11,17-18,27,45-46H,6-9,12-16,19-21H2,2-4H3/t27-,36+,37-/m1/s1. The minimum absolute atomic E-state index is 0.00627. The SMILES string of the molecule is C#Cc1c(F)ccc2cc(O)cc(-c3nc(OC)c4c(N5CCOC[C@@](C)(O)C5)nc(OC[C@]56CCC[C@H]5N(CC)CCC6)nc4c3F)c12. The summed E-state index contributed by atoms with van der Waals surface area (Å²) in [7, 11) is 1.40. The first-order valence-corrected chi connectivity index (χ1v) is 16.9. The van der Waals surface area contributed by atoms with Crippen LogP contribution in [0.15, 0.2) is 24.3 Å². The fourth-order valence-corrected chi connectivity index (χ4v) is 8.26. The molecule has 10 nitrogen and oxygen atoms in total. The highest BCUT2D eigenvalue weighted by molar-refractivity contribution is 6.04. The Kier molecular flexibility index (Phi) is 8.71. The summed E-state index contributed by atoms with van der Waals surface area (Å²) in [5.74, 6) is 0.934. The Hall–Kier alpha value is -4.31. The van der Waals surface area contributed by atoms with E-state index in [2.05, 4.69) is 27.7 Å². The number of rotatable bonds is 7. The van der Waals surface area contributed by atoms with Crippen LogP contribution >= 0.6 is 0 Å². The van der Waals surface area contributed by atoms with Crippen LogP contribution in [0.4, 0.5) is 14.6 Å². The number of β-amino-alcohol motifs (C(OH)–C–C–N with tert-alkyl or cyclic N) is 1. The summed E-state index contributed by atoms with van der Waals surface area (Å²) in [6.45, 7) is 7.13. The summed E-state index contributed by atoms with van der Waals surface area (Å²) in [4.78, 5) is 18.4. The largest absolute Gasteiger partial charge is 0.508 e. The zero-order valence-electron chi connectivity index (χ0n) is 28.1. The monoisotopic (exact) mass is 673 g/mol. The number of phenolic OH excluding ortho intramolecular Hbond substituents is 1. The van der Waals surface area contributed by atoms with Crippen molar-refractivity contribution in [3.8, 4) is 41.2 Å². The van der Waals surface area contributed by atoms with E-state index >= 15 is 4.39 Å². The molecule has 2 aromatic carbocycles. The third-order valence-electron chi connectivity index (χ3n) is 10.4. The average molecular weight is 674 g/mol. The number of aliphatic hydroxyl groups is 1. The van der Waals surface area contributed by atoms with Crippen LogP contribution in [0.5, 0.6) is 17.6 Å². The van der Waals surface area contributed by atoms with E-state index in [4.69, 9.17) is 25.6 Å². The lowest BCUT2D eigenvalue weighted by Gasteiger charge is -2.45. The molecule has 0 amide bonds. The summed E-state index contributed by atoms with van der Waals surface area (Å²) in [6, 6.07) is 5.76. The lowest BCUT2D eigenvalue weighted by atomic mass is 9.75. The Morgan fingerprint density at radius 1 is 1.12 bits per heavy atom. The number of hydrogen-bond donors (Lipinski definition) is 2. The van der Waals surface area contributed by atoms with Gasteiger partial charge in [0.25, 0.3) is 0 Å². The molecule has 49 heavy (non-hydrogen) atoms. The molecule has 4 aromatic rings. The second-order valence-corrected chi connectivity index (χ2v) is 13.8. The van der Waals surface area contributed by atoms with Crippen molar-refractivity contribution < 1.29 is 33.2 Å². The van der Waals surface area contributed by atoms with Gasteiger partial charge in [-0.1, -0.05) is 25.3 Å². The number of likely N-dealkylation sites (tertiary alicyclic amines) is 1. The van der Waals surface area contributed by atoms with Gasteiger partial charge < -0.3 is 29.3 Å². The van der Waals surface area contributed by atoms with Gasteiger partial charge in [-0.15, -0.1) is 6.42 Å². The van der Waals surface area contributed by atoms with Crippen molar-refractivity contribution in [1.29, 1.82) is 0 Å². The number of nitrogens with zero attached hydrogens (tertiary/aromatic N) is 5. The number of phenols is 1. The number of aromatic nitrogens is 3. The number of piperidine rings is 1. The lowest BCUT2D eigenvalue weighted by molar-refractivity contribution is -0.0123. The number of methoxy groups -OCH3 is 1. The van der Waals surface area contributed by atoms with Crippen molar-refractivity contribution in [2.45, 2.75) is 57.6 Å². The number of fused-ring (bicyclic) bond motifs is 3. The van der Waals surface area contributed by atoms with E-state index in [0.29, 0.717) is 31.2 Å². The maximum absolute atomic E-state index is 17.1. The molecule has 2 N–H and O–H groups in total. The van der Waals surface area contributed by atoms with E-state index in [-0.39, 0.29) is 75.1 Å². The molecule has 3 fully saturated rings. The molecule has 0 radical (unpaired) electrons. The first-order chi connectivity index (χ1) is 23.6. The highest BCUT2D eigenvalue weighted by Crippen LogP contribution is 2.48. The zero-order valence-corrected chi connectivity index (χ0v) is 28.1. The molecular formula is C37H41F2N5O5. The van der Waals surface area contributed by atoms with Crippen molar-refractivity contribution in [2.75, 3.05) is 58.0 Å². The van der Waals surface area contributed by atoms with Gasteiger partial charge in [0.2, 0.25) is 5.88 Å². The minimum atomic E-state index is -1.23. The van der Waals surface area contributed by atoms with Crippen molar-refractivity contribution in [1.82, 2.24) is 19.9 Å². The van der Waals surface area contributed by atoms with Gasteiger partial charge in [-0.25, -0.2) is 13.8 Å². The van der Waals surface area contributed by atoms with Crippen molar-refractivity contribution in [3.63, 3.8) is 0 Å². The van der Waals surface area contributed by atoms with Gasteiger partial charge in [-0.2, -0.15) is 9.97 Å². The summed E-state index contributed by atoms with van der Waals surface area (Å²) >= 11 is 0.